The molecular formula is C13H22O2. The third-order valence-corrected chi connectivity index (χ3v) is 2.25. The smallest absolute Gasteiger partial charge is 0.305 e. The highest BCUT2D eigenvalue weighted by molar-refractivity contribution is 5.68. The Morgan fingerprint density at radius 3 is 2.53 bits per heavy atom. The fourth-order valence-corrected chi connectivity index (χ4v) is 1.24. The molecule has 0 saturated heterocycles. The molecule has 0 rings (SSSR count). The quantitative estimate of drug-likeness (QED) is 0.495. The van der Waals surface area contributed by atoms with Crippen LogP contribution in [0.15, 0.2) is 24.3 Å². The maximum absolute atomic E-state index is 10.9. The van der Waals surface area contributed by atoms with Gasteiger partial charge in [0.2, 0.25) is 0 Å². The summed E-state index contributed by atoms with van der Waals surface area (Å²) in [5, 5.41) is 0. The molecule has 2 heteroatoms. The van der Waals surface area contributed by atoms with E-state index in [1.165, 1.54) is 7.11 Å². The SMILES string of the molecule is C=C(C)/C=C/C(C)(C)CCCC(=O)OC. The van der Waals surface area contributed by atoms with Crippen molar-refractivity contribution in [2.24, 2.45) is 5.41 Å². The minimum atomic E-state index is -0.130. The molecule has 86 valence electrons. The molecule has 15 heavy (non-hydrogen) atoms. The first-order valence-corrected chi connectivity index (χ1v) is 5.29. The molecule has 0 amide bonds. The van der Waals surface area contributed by atoms with E-state index >= 15 is 0 Å². The zero-order valence-corrected chi connectivity index (χ0v) is 10.3. The van der Waals surface area contributed by atoms with Gasteiger partial charge in [-0.25, -0.2) is 0 Å². The van der Waals surface area contributed by atoms with Gasteiger partial charge in [-0.2, -0.15) is 0 Å². The van der Waals surface area contributed by atoms with Gasteiger partial charge >= 0.3 is 5.97 Å². The molecule has 0 spiro atoms. The van der Waals surface area contributed by atoms with Crippen LogP contribution < -0.4 is 0 Å². The molecule has 0 aliphatic carbocycles. The Morgan fingerprint density at radius 1 is 1.47 bits per heavy atom. The molecule has 0 N–H and O–H groups in total. The summed E-state index contributed by atoms with van der Waals surface area (Å²) < 4.78 is 4.59. The zero-order chi connectivity index (χ0) is 11.9. The van der Waals surface area contributed by atoms with Crippen molar-refractivity contribution >= 4 is 5.97 Å². The minimum Gasteiger partial charge on any atom is -0.469 e. The number of esters is 1. The molecule has 0 atom stereocenters. The van der Waals surface area contributed by atoms with E-state index in [4.69, 9.17) is 0 Å². The van der Waals surface area contributed by atoms with Gasteiger partial charge in [0.25, 0.3) is 0 Å². The van der Waals surface area contributed by atoms with Gasteiger partial charge in [-0.15, -0.1) is 0 Å². The van der Waals surface area contributed by atoms with Crippen molar-refractivity contribution in [3.63, 3.8) is 0 Å². The molecule has 0 bridgehead atoms. The Bertz CT molecular complexity index is 249. The van der Waals surface area contributed by atoms with Crippen LogP contribution in [0.4, 0.5) is 0 Å². The first kappa shape index (κ1) is 13.9. The van der Waals surface area contributed by atoms with Crippen LogP contribution in [0.1, 0.15) is 40.0 Å². The van der Waals surface area contributed by atoms with Crippen LogP contribution in [0.5, 0.6) is 0 Å². The van der Waals surface area contributed by atoms with E-state index in [2.05, 4.69) is 31.2 Å². The lowest BCUT2D eigenvalue weighted by Gasteiger charge is -2.19. The molecule has 0 aliphatic heterocycles. The topological polar surface area (TPSA) is 26.3 Å². The Hall–Kier alpha value is -1.05. The number of carbonyl (C=O) groups is 1. The fourth-order valence-electron chi connectivity index (χ4n) is 1.24. The largest absolute Gasteiger partial charge is 0.469 e. The second-order valence-electron chi connectivity index (χ2n) is 4.60. The normalized spacial score (nSPS) is 11.7. The van der Waals surface area contributed by atoms with E-state index in [-0.39, 0.29) is 11.4 Å². The van der Waals surface area contributed by atoms with Gasteiger partial charge in [-0.3, -0.25) is 4.79 Å². The molecule has 0 unspecified atom stereocenters. The first-order chi connectivity index (χ1) is 6.87. The van der Waals surface area contributed by atoms with Gasteiger partial charge in [0.05, 0.1) is 7.11 Å². The third-order valence-electron chi connectivity index (χ3n) is 2.25. The highest BCUT2D eigenvalue weighted by atomic mass is 16.5. The zero-order valence-electron chi connectivity index (χ0n) is 10.3. The number of carbonyl (C=O) groups excluding carboxylic acids is 1. The van der Waals surface area contributed by atoms with E-state index in [0.717, 1.165) is 18.4 Å². The van der Waals surface area contributed by atoms with Gasteiger partial charge < -0.3 is 4.74 Å². The van der Waals surface area contributed by atoms with Crippen molar-refractivity contribution in [3.05, 3.63) is 24.3 Å². The summed E-state index contributed by atoms with van der Waals surface area (Å²) in [5.41, 5.74) is 1.17. The van der Waals surface area contributed by atoms with Crippen LogP contribution in [0, 0.1) is 5.41 Å². The van der Waals surface area contributed by atoms with E-state index in [0.29, 0.717) is 6.42 Å². The van der Waals surface area contributed by atoms with Gasteiger partial charge in [-0.05, 0) is 25.2 Å². The van der Waals surface area contributed by atoms with Crippen LogP contribution in [0.3, 0.4) is 0 Å². The molecular weight excluding hydrogens is 188 g/mol. The summed E-state index contributed by atoms with van der Waals surface area (Å²) in [4.78, 5) is 10.9. The molecule has 0 aliphatic rings. The lowest BCUT2D eigenvalue weighted by Crippen LogP contribution is -2.09. The average Bonchev–Trinajstić information content (AvgIpc) is 2.14. The summed E-state index contributed by atoms with van der Waals surface area (Å²) in [6.45, 7) is 10.1. The lowest BCUT2D eigenvalue weighted by molar-refractivity contribution is -0.140. The third kappa shape index (κ3) is 7.98. The number of hydrogen-bond acceptors (Lipinski definition) is 2. The van der Waals surface area contributed by atoms with Gasteiger partial charge in [0.15, 0.2) is 0 Å². The molecule has 2 nitrogen and oxygen atoms in total. The van der Waals surface area contributed by atoms with Crippen molar-refractivity contribution in [3.8, 4) is 0 Å². The molecule has 0 radical (unpaired) electrons. The van der Waals surface area contributed by atoms with E-state index in [9.17, 15) is 4.79 Å². The van der Waals surface area contributed by atoms with Crippen LogP contribution in [-0.2, 0) is 9.53 Å². The van der Waals surface area contributed by atoms with Gasteiger partial charge in [0, 0.05) is 6.42 Å². The molecule has 0 aromatic heterocycles. The van der Waals surface area contributed by atoms with Crippen LogP contribution in [0.2, 0.25) is 0 Å². The van der Waals surface area contributed by atoms with Crippen molar-refractivity contribution in [2.75, 3.05) is 7.11 Å². The fraction of sp³-hybridized carbons (Fsp3) is 0.615. The monoisotopic (exact) mass is 210 g/mol. The number of rotatable bonds is 6. The maximum Gasteiger partial charge on any atom is 0.305 e. The lowest BCUT2D eigenvalue weighted by atomic mass is 9.86. The highest BCUT2D eigenvalue weighted by Crippen LogP contribution is 2.25. The van der Waals surface area contributed by atoms with Crippen LogP contribution in [-0.4, -0.2) is 13.1 Å². The summed E-state index contributed by atoms with van der Waals surface area (Å²) in [5.74, 6) is -0.130. The van der Waals surface area contributed by atoms with Crippen LogP contribution >= 0.6 is 0 Å². The first-order valence-electron chi connectivity index (χ1n) is 5.29. The standard InChI is InChI=1S/C13H22O2/c1-11(2)8-10-13(3,4)9-6-7-12(14)15-5/h8,10H,1,6-7,9H2,2-5H3/b10-8+. The summed E-state index contributed by atoms with van der Waals surface area (Å²) in [7, 11) is 1.43. The van der Waals surface area contributed by atoms with Crippen molar-refractivity contribution in [1.82, 2.24) is 0 Å². The maximum atomic E-state index is 10.9. The summed E-state index contributed by atoms with van der Waals surface area (Å²) >= 11 is 0. The van der Waals surface area contributed by atoms with Gasteiger partial charge in [0.1, 0.15) is 0 Å². The second kappa shape index (κ2) is 6.44. The van der Waals surface area contributed by atoms with Crippen molar-refractivity contribution in [2.45, 2.75) is 40.0 Å². The average molecular weight is 210 g/mol. The summed E-state index contributed by atoms with van der Waals surface area (Å²) in [6, 6.07) is 0. The molecule has 0 fully saturated rings. The van der Waals surface area contributed by atoms with Crippen molar-refractivity contribution < 1.29 is 9.53 Å². The van der Waals surface area contributed by atoms with Gasteiger partial charge in [-0.1, -0.05) is 38.2 Å². The van der Waals surface area contributed by atoms with E-state index in [1.54, 1.807) is 0 Å². The molecule has 0 aromatic carbocycles. The molecule has 0 saturated carbocycles. The minimum absolute atomic E-state index is 0.118. The Balaban J connectivity index is 3.93. The Morgan fingerprint density at radius 2 is 2.07 bits per heavy atom. The predicted octanol–water partition coefficient (Wildman–Crippen LogP) is 3.49. The van der Waals surface area contributed by atoms with E-state index in [1.807, 2.05) is 13.0 Å². The van der Waals surface area contributed by atoms with Crippen LogP contribution in [0.25, 0.3) is 0 Å². The number of methoxy groups -OCH3 is 1. The highest BCUT2D eigenvalue weighted by Gasteiger charge is 2.14. The van der Waals surface area contributed by atoms with Crippen molar-refractivity contribution in [1.29, 1.82) is 0 Å². The molecule has 0 heterocycles. The Labute approximate surface area is 93.0 Å². The number of hydrogen-bond donors (Lipinski definition) is 0. The number of allylic oxidation sites excluding steroid dienone is 3. The second-order valence-corrected chi connectivity index (χ2v) is 4.60. The predicted molar refractivity (Wildman–Crippen MR) is 63.6 cm³/mol. The summed E-state index contributed by atoms with van der Waals surface area (Å²) in [6.07, 6.45) is 6.51. The van der Waals surface area contributed by atoms with E-state index < -0.39 is 0 Å². The Kier molecular flexibility index (Phi) is 5.99. The number of ether oxygens (including phenoxy) is 1. The molecule has 0 aromatic rings.